The van der Waals surface area contributed by atoms with Gasteiger partial charge in [0.05, 0.1) is 0 Å². The number of halogens is 3. The van der Waals surface area contributed by atoms with Crippen molar-refractivity contribution in [3.05, 3.63) is 35.9 Å². The van der Waals surface area contributed by atoms with E-state index in [1.54, 1.807) is 0 Å². The second-order valence-corrected chi connectivity index (χ2v) is 3.75. The van der Waals surface area contributed by atoms with Crippen LogP contribution in [0.1, 0.15) is 5.56 Å². The molecule has 0 unspecified atom stereocenters. The Labute approximate surface area is 96.3 Å². The van der Waals surface area contributed by atoms with Gasteiger partial charge in [-0.3, -0.25) is 7.66 Å². The Morgan fingerprint density at radius 3 is 1.92 bits per heavy atom. The average Bonchev–Trinajstić information content (AvgIpc) is 2.18. The van der Waals surface area contributed by atoms with Crippen molar-refractivity contribution >= 4 is 48.4 Å². The SMILES string of the molecule is BrOC(Br)(OBr)c1ccccc1. The van der Waals surface area contributed by atoms with Crippen LogP contribution in [-0.4, -0.2) is 0 Å². The summed E-state index contributed by atoms with van der Waals surface area (Å²) in [5, 5.41) is 0. The van der Waals surface area contributed by atoms with Crippen LogP contribution in [0.2, 0.25) is 0 Å². The summed E-state index contributed by atoms with van der Waals surface area (Å²) in [5.74, 6) is 0. The Kier molecular flexibility index (Phi) is 4.19. The molecule has 2 nitrogen and oxygen atoms in total. The minimum Gasteiger partial charge on any atom is -0.257 e. The molecule has 0 aliphatic carbocycles. The zero-order chi connectivity index (χ0) is 9.03. The maximum Gasteiger partial charge on any atom is 0.275 e. The molecule has 0 radical (unpaired) electrons. The summed E-state index contributed by atoms with van der Waals surface area (Å²) in [6.07, 6.45) is 0. The van der Waals surface area contributed by atoms with Gasteiger partial charge in [0, 0.05) is 5.56 Å². The molecule has 0 aliphatic rings. The van der Waals surface area contributed by atoms with Gasteiger partial charge in [0.2, 0.25) is 0 Å². The maximum atomic E-state index is 4.93. The molecule has 0 N–H and O–H groups in total. The first kappa shape index (κ1) is 10.7. The van der Waals surface area contributed by atoms with Crippen molar-refractivity contribution < 1.29 is 7.66 Å². The lowest BCUT2D eigenvalue weighted by Crippen LogP contribution is -2.17. The zero-order valence-corrected chi connectivity index (χ0v) is 10.6. The molecule has 0 spiro atoms. The highest BCUT2D eigenvalue weighted by atomic mass is 79.9. The van der Waals surface area contributed by atoms with E-state index < -0.39 is 4.70 Å². The van der Waals surface area contributed by atoms with Crippen LogP contribution < -0.4 is 0 Å². The van der Waals surface area contributed by atoms with Gasteiger partial charge < -0.3 is 0 Å². The summed E-state index contributed by atoms with van der Waals surface area (Å²) < 4.78 is 8.89. The lowest BCUT2D eigenvalue weighted by atomic mass is 10.2. The zero-order valence-electron chi connectivity index (χ0n) is 5.84. The number of benzene rings is 1. The van der Waals surface area contributed by atoms with Gasteiger partial charge in [-0.2, -0.15) is 0 Å². The summed E-state index contributed by atoms with van der Waals surface area (Å²) in [6, 6.07) is 9.45. The lowest BCUT2D eigenvalue weighted by molar-refractivity contribution is 0.0263. The molecule has 0 aromatic heterocycles. The van der Waals surface area contributed by atoms with E-state index in [1.165, 1.54) is 0 Å². The van der Waals surface area contributed by atoms with Gasteiger partial charge in [0.25, 0.3) is 4.70 Å². The van der Waals surface area contributed by atoms with Crippen molar-refractivity contribution in [1.82, 2.24) is 0 Å². The van der Waals surface area contributed by atoms with Crippen LogP contribution in [0, 0.1) is 0 Å². The van der Waals surface area contributed by atoms with E-state index in [2.05, 4.69) is 48.4 Å². The topological polar surface area (TPSA) is 18.5 Å². The predicted molar refractivity (Wildman–Crippen MR) is 57.1 cm³/mol. The predicted octanol–water partition coefficient (Wildman–Crippen LogP) is 3.84. The molecule has 0 aliphatic heterocycles. The Balaban J connectivity index is 2.95. The molecule has 0 fully saturated rings. The molecule has 0 saturated carbocycles. The van der Waals surface area contributed by atoms with Gasteiger partial charge in [0.15, 0.2) is 0 Å². The number of hydrogen-bond acceptors (Lipinski definition) is 2. The van der Waals surface area contributed by atoms with Crippen molar-refractivity contribution in [2.45, 2.75) is 4.70 Å². The van der Waals surface area contributed by atoms with E-state index in [9.17, 15) is 0 Å². The largest absolute Gasteiger partial charge is 0.275 e. The molecule has 0 saturated heterocycles. The highest BCUT2D eigenvalue weighted by Crippen LogP contribution is 2.37. The van der Waals surface area contributed by atoms with Crippen LogP contribution in [-0.2, 0) is 12.4 Å². The number of alkyl halides is 1. The Morgan fingerprint density at radius 2 is 1.50 bits per heavy atom. The minimum absolute atomic E-state index is 0.846. The van der Waals surface area contributed by atoms with Gasteiger partial charge in [0.1, 0.15) is 32.5 Å². The summed E-state index contributed by atoms with van der Waals surface area (Å²) in [7, 11) is 0. The molecule has 12 heavy (non-hydrogen) atoms. The molecule has 0 amide bonds. The van der Waals surface area contributed by atoms with E-state index in [4.69, 9.17) is 7.66 Å². The lowest BCUT2D eigenvalue weighted by Gasteiger charge is -2.20. The highest BCUT2D eigenvalue weighted by molar-refractivity contribution is 9.11. The molecule has 0 heterocycles. The van der Waals surface area contributed by atoms with Crippen LogP contribution in [0.4, 0.5) is 0 Å². The standard InChI is InChI=1S/C7H5Br3O2/c8-7(11-9,12-10)6-4-2-1-3-5-6/h1-5H. The fraction of sp³-hybridized carbons (Fsp3) is 0.143. The smallest absolute Gasteiger partial charge is 0.257 e. The first-order valence-electron chi connectivity index (χ1n) is 3.07. The first-order chi connectivity index (χ1) is 5.73. The Hall–Kier alpha value is 0.580. The van der Waals surface area contributed by atoms with Crippen molar-refractivity contribution in [2.75, 3.05) is 0 Å². The van der Waals surface area contributed by atoms with Gasteiger partial charge in [-0.1, -0.05) is 30.3 Å². The summed E-state index contributed by atoms with van der Waals surface area (Å²) in [5.41, 5.74) is 0.846. The van der Waals surface area contributed by atoms with Gasteiger partial charge >= 0.3 is 0 Å². The van der Waals surface area contributed by atoms with E-state index in [1.807, 2.05) is 30.3 Å². The van der Waals surface area contributed by atoms with Crippen molar-refractivity contribution in [3.8, 4) is 0 Å². The fourth-order valence-electron chi connectivity index (χ4n) is 0.738. The average molecular weight is 361 g/mol. The third kappa shape index (κ3) is 2.29. The summed E-state index contributed by atoms with van der Waals surface area (Å²) in [4.78, 5) is 0. The van der Waals surface area contributed by atoms with E-state index in [-0.39, 0.29) is 0 Å². The fourth-order valence-corrected chi connectivity index (χ4v) is 1.69. The maximum absolute atomic E-state index is 4.93. The monoisotopic (exact) mass is 358 g/mol. The number of rotatable bonds is 3. The Bertz CT molecular complexity index is 236. The van der Waals surface area contributed by atoms with Gasteiger partial charge in [-0.25, -0.2) is 0 Å². The Morgan fingerprint density at radius 1 is 1.00 bits per heavy atom. The summed E-state index contributed by atoms with van der Waals surface area (Å²) in [6.45, 7) is 0. The second-order valence-electron chi connectivity index (χ2n) is 2.06. The molecular formula is C7H5Br3O2. The molecule has 1 aromatic rings. The normalized spacial score (nSPS) is 11.6. The molecule has 1 aromatic carbocycles. The molecule has 1 rings (SSSR count). The number of hydrogen-bond donors (Lipinski definition) is 0. The van der Waals surface area contributed by atoms with Crippen molar-refractivity contribution in [2.24, 2.45) is 0 Å². The molecule has 0 bridgehead atoms. The van der Waals surface area contributed by atoms with Crippen LogP contribution in [0.3, 0.4) is 0 Å². The van der Waals surface area contributed by atoms with Crippen LogP contribution >= 0.6 is 48.4 Å². The van der Waals surface area contributed by atoms with Gasteiger partial charge in [-0.05, 0) is 15.9 Å². The third-order valence-electron chi connectivity index (χ3n) is 1.32. The quantitative estimate of drug-likeness (QED) is 0.602. The third-order valence-corrected chi connectivity index (χ3v) is 3.88. The summed E-state index contributed by atoms with van der Waals surface area (Å²) >= 11 is 8.99. The van der Waals surface area contributed by atoms with Crippen molar-refractivity contribution in [1.29, 1.82) is 0 Å². The molecule has 66 valence electrons. The van der Waals surface area contributed by atoms with E-state index in [0.717, 1.165) is 5.56 Å². The van der Waals surface area contributed by atoms with Gasteiger partial charge in [-0.15, -0.1) is 0 Å². The molecular weight excluding hydrogens is 356 g/mol. The van der Waals surface area contributed by atoms with Crippen molar-refractivity contribution in [3.63, 3.8) is 0 Å². The first-order valence-corrected chi connectivity index (χ1v) is 5.15. The molecule has 0 atom stereocenters. The van der Waals surface area contributed by atoms with E-state index in [0.29, 0.717) is 0 Å². The van der Waals surface area contributed by atoms with Crippen LogP contribution in [0.15, 0.2) is 30.3 Å². The highest BCUT2D eigenvalue weighted by Gasteiger charge is 2.30. The van der Waals surface area contributed by atoms with Crippen LogP contribution in [0.25, 0.3) is 0 Å². The molecule has 5 heteroatoms. The second kappa shape index (κ2) is 4.72. The van der Waals surface area contributed by atoms with E-state index >= 15 is 0 Å². The minimum atomic E-state index is -0.978. The van der Waals surface area contributed by atoms with Crippen LogP contribution in [0.5, 0.6) is 0 Å².